The maximum Gasteiger partial charge on any atom is 0.322 e. The Morgan fingerprint density at radius 3 is 3.00 bits per heavy atom. The lowest BCUT2D eigenvalue weighted by Gasteiger charge is -2.28. The summed E-state index contributed by atoms with van der Waals surface area (Å²) in [6.07, 6.45) is 2.90. The summed E-state index contributed by atoms with van der Waals surface area (Å²) in [4.78, 5) is 14.1. The zero-order chi connectivity index (χ0) is 16.2. The van der Waals surface area contributed by atoms with Gasteiger partial charge >= 0.3 is 6.03 Å². The first-order chi connectivity index (χ1) is 11.2. The third kappa shape index (κ3) is 3.35. The second-order valence-corrected chi connectivity index (χ2v) is 5.39. The highest BCUT2D eigenvalue weighted by atomic mass is 16.5. The highest BCUT2D eigenvalue weighted by Crippen LogP contribution is 2.17. The Labute approximate surface area is 134 Å². The third-order valence-corrected chi connectivity index (χ3v) is 3.89. The third-order valence-electron chi connectivity index (χ3n) is 3.89. The minimum atomic E-state index is -0.642. The largest absolute Gasteiger partial charge is 0.388 e. The molecule has 1 fully saturated rings. The molecular formula is C16H20N4O3. The van der Waals surface area contributed by atoms with E-state index < -0.39 is 6.10 Å². The molecule has 1 aliphatic rings. The minimum Gasteiger partial charge on any atom is -0.388 e. The summed E-state index contributed by atoms with van der Waals surface area (Å²) >= 11 is 0. The van der Waals surface area contributed by atoms with E-state index in [9.17, 15) is 9.90 Å². The molecule has 23 heavy (non-hydrogen) atoms. The van der Waals surface area contributed by atoms with Gasteiger partial charge in [-0.1, -0.05) is 6.07 Å². The van der Waals surface area contributed by atoms with Crippen LogP contribution >= 0.6 is 0 Å². The lowest BCUT2D eigenvalue weighted by molar-refractivity contribution is 0.1000. The fourth-order valence-corrected chi connectivity index (χ4v) is 2.70. The first-order valence-electron chi connectivity index (χ1n) is 7.62. The van der Waals surface area contributed by atoms with Crippen LogP contribution in [0.25, 0.3) is 5.69 Å². The molecule has 0 unspecified atom stereocenters. The van der Waals surface area contributed by atoms with Crippen LogP contribution in [-0.2, 0) is 4.74 Å². The summed E-state index contributed by atoms with van der Waals surface area (Å²) in [7, 11) is 0. The highest BCUT2D eigenvalue weighted by molar-refractivity contribution is 5.89. The number of carbonyl (C=O) groups is 1. The number of rotatable bonds is 4. The van der Waals surface area contributed by atoms with Crippen LogP contribution < -0.4 is 5.32 Å². The van der Waals surface area contributed by atoms with Gasteiger partial charge in [0.05, 0.1) is 31.0 Å². The fourth-order valence-electron chi connectivity index (χ4n) is 2.70. The average molecular weight is 316 g/mol. The molecule has 2 aromatic rings. The number of benzene rings is 1. The number of ether oxygens (including phenoxy) is 1. The van der Waals surface area contributed by atoms with Crippen LogP contribution in [0, 0.1) is 0 Å². The van der Waals surface area contributed by atoms with Crippen molar-refractivity contribution in [2.75, 3.05) is 25.1 Å². The molecule has 1 saturated heterocycles. The van der Waals surface area contributed by atoms with Crippen molar-refractivity contribution in [1.82, 2.24) is 14.7 Å². The maximum absolute atomic E-state index is 12.5. The number of hydrogen-bond donors (Lipinski definition) is 2. The van der Waals surface area contributed by atoms with Crippen molar-refractivity contribution in [2.24, 2.45) is 0 Å². The van der Waals surface area contributed by atoms with E-state index >= 15 is 0 Å². The van der Waals surface area contributed by atoms with Gasteiger partial charge in [-0.3, -0.25) is 0 Å². The topological polar surface area (TPSA) is 79.6 Å². The Balaban J connectivity index is 1.73. The van der Waals surface area contributed by atoms with E-state index in [1.54, 1.807) is 15.8 Å². The predicted octanol–water partition coefficient (Wildman–Crippen LogP) is 1.49. The molecule has 2 atom stereocenters. The second kappa shape index (κ2) is 6.80. The average Bonchev–Trinajstić information content (AvgIpc) is 3.21. The molecule has 0 bridgehead atoms. The number of nitrogens with one attached hydrogen (secondary N) is 1. The van der Waals surface area contributed by atoms with Gasteiger partial charge in [0, 0.05) is 24.6 Å². The van der Waals surface area contributed by atoms with E-state index in [1.165, 1.54) is 0 Å². The van der Waals surface area contributed by atoms with Crippen molar-refractivity contribution in [2.45, 2.75) is 19.1 Å². The zero-order valence-electron chi connectivity index (χ0n) is 12.9. The number of anilines is 1. The van der Waals surface area contributed by atoms with Crippen LogP contribution in [-0.4, -0.2) is 57.7 Å². The Bertz CT molecular complexity index is 659. The summed E-state index contributed by atoms with van der Waals surface area (Å²) in [5.41, 5.74) is 1.54. The van der Waals surface area contributed by atoms with E-state index in [0.29, 0.717) is 18.8 Å². The second-order valence-electron chi connectivity index (χ2n) is 5.39. The number of aliphatic hydroxyl groups is 1. The minimum absolute atomic E-state index is 0.250. The van der Waals surface area contributed by atoms with Crippen LogP contribution in [0.2, 0.25) is 0 Å². The van der Waals surface area contributed by atoms with Gasteiger partial charge < -0.3 is 20.1 Å². The summed E-state index contributed by atoms with van der Waals surface area (Å²) < 4.78 is 6.96. The molecule has 7 heteroatoms. The van der Waals surface area contributed by atoms with Gasteiger partial charge in [-0.2, -0.15) is 5.10 Å². The Morgan fingerprint density at radius 1 is 1.48 bits per heavy atom. The Kier molecular flexibility index (Phi) is 4.59. The predicted molar refractivity (Wildman–Crippen MR) is 85.6 cm³/mol. The molecule has 0 radical (unpaired) electrons. The lowest BCUT2D eigenvalue weighted by Crippen LogP contribution is -2.48. The molecule has 7 nitrogen and oxygen atoms in total. The van der Waals surface area contributed by atoms with Crippen molar-refractivity contribution in [1.29, 1.82) is 0 Å². The quantitative estimate of drug-likeness (QED) is 0.895. The summed E-state index contributed by atoms with van der Waals surface area (Å²) in [6, 6.07) is 8.71. The van der Waals surface area contributed by atoms with Gasteiger partial charge in [-0.15, -0.1) is 0 Å². The molecule has 2 N–H and O–H groups in total. The molecule has 1 aromatic carbocycles. The first-order valence-corrected chi connectivity index (χ1v) is 7.62. The summed E-state index contributed by atoms with van der Waals surface area (Å²) in [5.74, 6) is 0. The monoisotopic (exact) mass is 316 g/mol. The maximum atomic E-state index is 12.5. The van der Waals surface area contributed by atoms with E-state index in [0.717, 1.165) is 5.69 Å². The molecule has 2 heterocycles. The summed E-state index contributed by atoms with van der Waals surface area (Å²) in [5, 5.41) is 17.0. The lowest BCUT2D eigenvalue weighted by atomic mass is 10.2. The number of aromatic nitrogens is 2. The normalized spacial score (nSPS) is 20.4. The fraction of sp³-hybridized carbons (Fsp3) is 0.375. The SMILES string of the molecule is CCN(C(=O)Nc1cccc(-n2cccn2)c1)[C@@H]1COC[C@H]1O. The molecule has 122 valence electrons. The van der Waals surface area contributed by atoms with Gasteiger partial charge in [0.15, 0.2) is 0 Å². The van der Waals surface area contributed by atoms with Crippen molar-refractivity contribution in [3.05, 3.63) is 42.7 Å². The highest BCUT2D eigenvalue weighted by Gasteiger charge is 2.33. The van der Waals surface area contributed by atoms with E-state index in [2.05, 4.69) is 10.4 Å². The van der Waals surface area contributed by atoms with E-state index in [-0.39, 0.29) is 18.7 Å². The summed E-state index contributed by atoms with van der Waals surface area (Å²) in [6.45, 7) is 3.00. The molecule has 1 aliphatic heterocycles. The van der Waals surface area contributed by atoms with Crippen LogP contribution in [0.4, 0.5) is 10.5 Å². The van der Waals surface area contributed by atoms with Gasteiger partial charge in [0.25, 0.3) is 0 Å². The molecule has 3 rings (SSSR count). The van der Waals surface area contributed by atoms with Crippen LogP contribution in [0.15, 0.2) is 42.7 Å². The number of hydrogen-bond acceptors (Lipinski definition) is 4. The van der Waals surface area contributed by atoms with Crippen molar-refractivity contribution in [3.8, 4) is 5.69 Å². The van der Waals surface area contributed by atoms with Gasteiger partial charge in [0.2, 0.25) is 0 Å². The molecule has 1 aromatic heterocycles. The van der Waals surface area contributed by atoms with Crippen molar-refractivity contribution >= 4 is 11.7 Å². The molecule has 0 aliphatic carbocycles. The number of carbonyl (C=O) groups excluding carboxylic acids is 1. The van der Waals surface area contributed by atoms with Crippen molar-refractivity contribution < 1.29 is 14.6 Å². The number of aliphatic hydroxyl groups excluding tert-OH is 1. The number of amides is 2. The van der Waals surface area contributed by atoms with Crippen LogP contribution in [0.5, 0.6) is 0 Å². The molecule has 0 spiro atoms. The number of likely N-dealkylation sites (N-methyl/N-ethyl adjacent to an activating group) is 1. The van der Waals surface area contributed by atoms with E-state index in [1.807, 2.05) is 43.5 Å². The zero-order valence-corrected chi connectivity index (χ0v) is 12.9. The van der Waals surface area contributed by atoms with Gasteiger partial charge in [-0.05, 0) is 31.2 Å². The molecule has 0 saturated carbocycles. The first kappa shape index (κ1) is 15.5. The standard InChI is InChI=1S/C16H20N4O3/c1-2-19(14-10-23-11-15(14)21)16(22)18-12-5-3-6-13(9-12)20-8-4-7-17-20/h3-9,14-15,21H,2,10-11H2,1H3,(H,18,22)/t14-,15-/m1/s1. The van der Waals surface area contributed by atoms with Gasteiger partial charge in [0.1, 0.15) is 0 Å². The Hall–Kier alpha value is -2.38. The Morgan fingerprint density at radius 2 is 2.35 bits per heavy atom. The number of urea groups is 1. The number of nitrogens with zero attached hydrogens (tertiary/aromatic N) is 3. The molecule has 2 amide bonds. The smallest absolute Gasteiger partial charge is 0.322 e. The van der Waals surface area contributed by atoms with Gasteiger partial charge in [-0.25, -0.2) is 9.48 Å². The van der Waals surface area contributed by atoms with Crippen LogP contribution in [0.1, 0.15) is 6.92 Å². The molecular weight excluding hydrogens is 296 g/mol. The van der Waals surface area contributed by atoms with Crippen LogP contribution in [0.3, 0.4) is 0 Å². The van der Waals surface area contributed by atoms with Crippen molar-refractivity contribution in [3.63, 3.8) is 0 Å². The van der Waals surface area contributed by atoms with E-state index in [4.69, 9.17) is 4.74 Å².